The fourth-order valence-corrected chi connectivity index (χ4v) is 2.60. The summed E-state index contributed by atoms with van der Waals surface area (Å²) < 4.78 is 11.2. The lowest BCUT2D eigenvalue weighted by Crippen LogP contribution is -2.48. The maximum Gasteiger partial charge on any atom is 0.161 e. The minimum atomic E-state index is 0. The first-order valence-corrected chi connectivity index (χ1v) is 6.65. The fraction of sp³-hybridized carbons (Fsp3) is 0.571. The van der Waals surface area contributed by atoms with Crippen molar-refractivity contribution in [2.45, 2.75) is 19.5 Å². The van der Waals surface area contributed by atoms with Gasteiger partial charge in [-0.25, -0.2) is 0 Å². The van der Waals surface area contributed by atoms with Gasteiger partial charge in [-0.1, -0.05) is 6.07 Å². The molecule has 0 aliphatic carbocycles. The summed E-state index contributed by atoms with van der Waals surface area (Å²) in [6.07, 6.45) is 0. The van der Waals surface area contributed by atoms with Crippen LogP contribution in [0.25, 0.3) is 0 Å². The molecule has 2 aliphatic rings. The zero-order valence-corrected chi connectivity index (χ0v) is 12.0. The van der Waals surface area contributed by atoms with Crippen molar-refractivity contribution in [2.24, 2.45) is 0 Å². The Hall–Kier alpha value is -0.970. The molecule has 0 radical (unpaired) electrons. The summed E-state index contributed by atoms with van der Waals surface area (Å²) in [5.41, 5.74) is 1.30. The van der Waals surface area contributed by atoms with E-state index in [1.54, 1.807) is 0 Å². The van der Waals surface area contributed by atoms with Crippen LogP contribution in [0.3, 0.4) is 0 Å². The number of rotatable bonds is 2. The molecule has 106 valence electrons. The summed E-state index contributed by atoms with van der Waals surface area (Å²) in [7, 11) is 0. The van der Waals surface area contributed by atoms with Crippen molar-refractivity contribution >= 4 is 12.4 Å². The van der Waals surface area contributed by atoms with Gasteiger partial charge in [-0.05, 0) is 24.6 Å². The molecule has 0 saturated carbocycles. The predicted molar refractivity (Wildman–Crippen MR) is 77.4 cm³/mol. The van der Waals surface area contributed by atoms with Gasteiger partial charge in [0.05, 0.1) is 0 Å². The van der Waals surface area contributed by atoms with E-state index in [4.69, 9.17) is 9.47 Å². The van der Waals surface area contributed by atoms with E-state index in [1.165, 1.54) is 5.56 Å². The Morgan fingerprint density at radius 1 is 1.26 bits per heavy atom. The van der Waals surface area contributed by atoms with Crippen molar-refractivity contribution in [3.05, 3.63) is 23.8 Å². The average Bonchev–Trinajstić information content (AvgIpc) is 2.39. The Bertz CT molecular complexity index is 428. The number of fused-ring (bicyclic) bond motifs is 1. The summed E-state index contributed by atoms with van der Waals surface area (Å²) in [6.45, 7) is 7.82. The van der Waals surface area contributed by atoms with Crippen LogP contribution in [0.15, 0.2) is 18.2 Å². The van der Waals surface area contributed by atoms with E-state index < -0.39 is 0 Å². The Morgan fingerprint density at radius 3 is 2.84 bits per heavy atom. The van der Waals surface area contributed by atoms with Gasteiger partial charge in [0.1, 0.15) is 13.2 Å². The predicted octanol–water partition coefficient (Wildman–Crippen LogP) is 1.67. The molecule has 1 unspecified atom stereocenters. The molecular weight excluding hydrogens is 264 g/mol. The Kier molecular flexibility index (Phi) is 4.91. The van der Waals surface area contributed by atoms with E-state index in [9.17, 15) is 0 Å². The second kappa shape index (κ2) is 6.46. The largest absolute Gasteiger partial charge is 0.486 e. The number of nitrogens with one attached hydrogen (secondary N) is 1. The van der Waals surface area contributed by atoms with Gasteiger partial charge in [0.2, 0.25) is 0 Å². The zero-order chi connectivity index (χ0) is 12.4. The lowest BCUT2D eigenvalue weighted by atomic mass is 10.1. The normalized spacial score (nSPS) is 22.7. The summed E-state index contributed by atoms with van der Waals surface area (Å²) in [6, 6.07) is 6.85. The van der Waals surface area contributed by atoms with E-state index in [2.05, 4.69) is 29.3 Å². The molecule has 0 amide bonds. The molecule has 5 heteroatoms. The molecule has 0 bridgehead atoms. The first-order valence-electron chi connectivity index (χ1n) is 6.65. The number of ether oxygens (including phenoxy) is 2. The van der Waals surface area contributed by atoms with Gasteiger partial charge in [-0.2, -0.15) is 0 Å². The molecule has 3 rings (SSSR count). The zero-order valence-electron chi connectivity index (χ0n) is 11.2. The van der Waals surface area contributed by atoms with Crippen LogP contribution < -0.4 is 14.8 Å². The van der Waals surface area contributed by atoms with Crippen LogP contribution in [-0.2, 0) is 6.54 Å². The highest BCUT2D eigenvalue weighted by Crippen LogP contribution is 2.31. The van der Waals surface area contributed by atoms with E-state index >= 15 is 0 Å². The first-order chi connectivity index (χ1) is 8.81. The van der Waals surface area contributed by atoms with E-state index in [0.29, 0.717) is 19.3 Å². The van der Waals surface area contributed by atoms with Crippen LogP contribution in [0.5, 0.6) is 11.5 Å². The molecule has 1 aromatic rings. The topological polar surface area (TPSA) is 33.7 Å². The summed E-state index contributed by atoms with van der Waals surface area (Å²) in [4.78, 5) is 2.48. The summed E-state index contributed by atoms with van der Waals surface area (Å²) in [5.74, 6) is 1.76. The molecule has 1 saturated heterocycles. The number of halogens is 1. The molecule has 1 aromatic carbocycles. The fourth-order valence-electron chi connectivity index (χ4n) is 2.60. The van der Waals surface area contributed by atoms with Crippen molar-refractivity contribution in [2.75, 3.05) is 32.8 Å². The van der Waals surface area contributed by atoms with Crippen LogP contribution in [0.1, 0.15) is 12.5 Å². The van der Waals surface area contributed by atoms with Crippen LogP contribution in [0.2, 0.25) is 0 Å². The second-order valence-electron chi connectivity index (χ2n) is 5.07. The molecule has 2 aliphatic heterocycles. The Morgan fingerprint density at radius 2 is 2.05 bits per heavy atom. The second-order valence-corrected chi connectivity index (χ2v) is 5.07. The van der Waals surface area contributed by atoms with Gasteiger partial charge in [0.25, 0.3) is 0 Å². The third-order valence-electron chi connectivity index (χ3n) is 3.47. The Labute approximate surface area is 120 Å². The highest BCUT2D eigenvalue weighted by Gasteiger charge is 2.17. The number of piperazine rings is 1. The van der Waals surface area contributed by atoms with Crippen LogP contribution in [0, 0.1) is 0 Å². The van der Waals surface area contributed by atoms with Gasteiger partial charge in [0, 0.05) is 32.2 Å². The Balaban J connectivity index is 0.00000133. The monoisotopic (exact) mass is 284 g/mol. The summed E-state index contributed by atoms with van der Waals surface area (Å²) >= 11 is 0. The van der Waals surface area contributed by atoms with Crippen molar-refractivity contribution in [1.29, 1.82) is 0 Å². The maximum absolute atomic E-state index is 5.62. The molecular formula is C14H21ClN2O2. The van der Waals surface area contributed by atoms with Crippen molar-refractivity contribution in [3.8, 4) is 11.5 Å². The van der Waals surface area contributed by atoms with Gasteiger partial charge in [-0.15, -0.1) is 12.4 Å². The van der Waals surface area contributed by atoms with Gasteiger partial charge < -0.3 is 14.8 Å². The molecule has 19 heavy (non-hydrogen) atoms. The minimum absolute atomic E-state index is 0. The molecule has 1 atom stereocenters. The van der Waals surface area contributed by atoms with Gasteiger partial charge >= 0.3 is 0 Å². The average molecular weight is 285 g/mol. The smallest absolute Gasteiger partial charge is 0.161 e. The van der Waals surface area contributed by atoms with E-state index in [1.807, 2.05) is 6.07 Å². The molecule has 1 N–H and O–H groups in total. The maximum atomic E-state index is 5.62. The minimum Gasteiger partial charge on any atom is -0.486 e. The molecule has 0 aromatic heterocycles. The number of nitrogens with zero attached hydrogens (tertiary/aromatic N) is 1. The van der Waals surface area contributed by atoms with Gasteiger partial charge in [0.15, 0.2) is 11.5 Å². The van der Waals surface area contributed by atoms with Crippen molar-refractivity contribution in [1.82, 2.24) is 10.2 Å². The third-order valence-corrected chi connectivity index (χ3v) is 3.47. The highest BCUT2D eigenvalue weighted by atomic mass is 35.5. The van der Waals surface area contributed by atoms with Crippen LogP contribution >= 0.6 is 12.4 Å². The van der Waals surface area contributed by atoms with Crippen LogP contribution in [0.4, 0.5) is 0 Å². The molecule has 4 nitrogen and oxygen atoms in total. The lowest BCUT2D eigenvalue weighted by molar-refractivity contribution is 0.170. The van der Waals surface area contributed by atoms with Crippen molar-refractivity contribution < 1.29 is 9.47 Å². The molecule has 2 heterocycles. The SMILES string of the molecule is CC1CN(Cc2ccc3c(c2)OCCO3)CCN1.Cl. The number of hydrogen-bond donors (Lipinski definition) is 1. The summed E-state index contributed by atoms with van der Waals surface area (Å²) in [5, 5.41) is 3.46. The highest BCUT2D eigenvalue weighted by molar-refractivity contribution is 5.85. The first kappa shape index (κ1) is 14.4. The van der Waals surface area contributed by atoms with Crippen molar-refractivity contribution in [3.63, 3.8) is 0 Å². The number of benzene rings is 1. The quantitative estimate of drug-likeness (QED) is 0.896. The standard InChI is InChI=1S/C14H20N2O2.ClH/c1-11-9-16(5-4-15-11)10-12-2-3-13-14(8-12)18-7-6-17-13;/h2-3,8,11,15H,4-7,9-10H2,1H3;1H. The van der Waals surface area contributed by atoms with E-state index in [-0.39, 0.29) is 12.4 Å². The molecule has 0 spiro atoms. The number of hydrogen-bond acceptors (Lipinski definition) is 4. The van der Waals surface area contributed by atoms with E-state index in [0.717, 1.165) is 37.7 Å². The van der Waals surface area contributed by atoms with Crippen LogP contribution in [-0.4, -0.2) is 43.8 Å². The molecule has 1 fully saturated rings. The third kappa shape index (κ3) is 3.53. The van der Waals surface area contributed by atoms with Gasteiger partial charge in [-0.3, -0.25) is 4.90 Å². The lowest BCUT2D eigenvalue weighted by Gasteiger charge is -2.32.